The van der Waals surface area contributed by atoms with Crippen LogP contribution in [-0.2, 0) is 14.3 Å². The number of halogens is 4. The summed E-state index contributed by atoms with van der Waals surface area (Å²) in [6.07, 6.45) is 5.40. The molecule has 13 heteroatoms. The number of nitrogens with one attached hydrogen (secondary N) is 2. The zero-order valence-electron chi connectivity index (χ0n) is 26.4. The van der Waals surface area contributed by atoms with Gasteiger partial charge in [0.1, 0.15) is 17.3 Å². The predicted molar refractivity (Wildman–Crippen MR) is 187 cm³/mol. The summed E-state index contributed by atoms with van der Waals surface area (Å²) in [6.45, 7) is 9.11. The minimum atomic E-state index is -1.39. The Morgan fingerprint density at radius 1 is 1.04 bits per heavy atom. The van der Waals surface area contributed by atoms with Crippen LogP contribution in [-0.4, -0.2) is 52.1 Å². The van der Waals surface area contributed by atoms with Gasteiger partial charge in [0, 0.05) is 29.4 Å². The van der Waals surface area contributed by atoms with Gasteiger partial charge in [0.25, 0.3) is 5.91 Å². The number of benzene rings is 2. The topological polar surface area (TPSA) is 114 Å². The van der Waals surface area contributed by atoms with E-state index in [9.17, 15) is 14.4 Å². The number of hydrogen-bond acceptors (Lipinski definition) is 6. The number of ether oxygens (including phenoxy) is 1. The summed E-state index contributed by atoms with van der Waals surface area (Å²) in [7, 11) is 0. The summed E-state index contributed by atoms with van der Waals surface area (Å²) in [5.74, 6) is -0.688. The highest BCUT2D eigenvalue weighted by molar-refractivity contribution is 6.54. The number of alkyl carbamates (subject to hydrolysis) is 1. The van der Waals surface area contributed by atoms with Crippen molar-refractivity contribution in [1.82, 2.24) is 15.8 Å². The van der Waals surface area contributed by atoms with Crippen LogP contribution in [0, 0.1) is 5.92 Å². The first-order valence-corrected chi connectivity index (χ1v) is 16.9. The van der Waals surface area contributed by atoms with Crippen LogP contribution >= 0.6 is 46.4 Å². The van der Waals surface area contributed by atoms with Crippen molar-refractivity contribution in [1.29, 1.82) is 0 Å². The molecule has 1 aliphatic rings. The summed E-state index contributed by atoms with van der Waals surface area (Å²) in [4.78, 5) is 39.7. The van der Waals surface area contributed by atoms with Crippen molar-refractivity contribution in [2.24, 2.45) is 5.92 Å². The molecule has 1 aromatic heterocycles. The molecule has 2 N–H and O–H groups in total. The molecule has 1 heterocycles. The van der Waals surface area contributed by atoms with Crippen LogP contribution in [0.3, 0.4) is 0 Å². The first-order chi connectivity index (χ1) is 22.3. The summed E-state index contributed by atoms with van der Waals surface area (Å²) < 4.78 is 11.1. The van der Waals surface area contributed by atoms with Crippen molar-refractivity contribution >= 4 is 70.0 Å². The Hall–Kier alpha value is -3.24. The number of carbonyl (C=O) groups is 3. The van der Waals surface area contributed by atoms with E-state index < -0.39 is 40.4 Å². The average Bonchev–Trinajstić information content (AvgIpc) is 3.51. The maximum absolute atomic E-state index is 13.7. The predicted octanol–water partition coefficient (Wildman–Crippen LogP) is 8.60. The van der Waals surface area contributed by atoms with E-state index in [0.717, 1.165) is 32.1 Å². The van der Waals surface area contributed by atoms with Gasteiger partial charge in [-0.2, -0.15) is 0 Å². The van der Waals surface area contributed by atoms with E-state index in [4.69, 9.17) is 55.7 Å². The Balaban J connectivity index is 1.57. The molecule has 2 aromatic carbocycles. The lowest BCUT2D eigenvalue weighted by Crippen LogP contribution is -2.56. The molecule has 1 saturated carbocycles. The normalized spacial score (nSPS) is 15.1. The van der Waals surface area contributed by atoms with Crippen LogP contribution in [0.4, 0.5) is 10.5 Å². The molecular weight excluding hydrogens is 686 g/mol. The molecule has 0 aliphatic heterocycles. The fourth-order valence-corrected chi connectivity index (χ4v) is 6.31. The average molecular weight is 725 g/mol. The molecule has 0 bridgehead atoms. The van der Waals surface area contributed by atoms with Gasteiger partial charge in [-0.1, -0.05) is 95.1 Å². The third-order valence-corrected chi connectivity index (χ3v) is 8.69. The highest BCUT2D eigenvalue weighted by Gasteiger charge is 2.34. The van der Waals surface area contributed by atoms with E-state index in [0.29, 0.717) is 38.3 Å². The molecule has 3 amide bonds. The lowest BCUT2D eigenvalue weighted by atomic mass is 9.83. The standard InChI is InChI=1S/C34H38Cl4N4O5/c1-5-22(39-31(43)29(20-11-7-6-8-12-20)40-33(45)46-34(2,3)4)19-42(32(44)30(37)38)23-14-9-13-21(17-23)27-18-26(41-47-27)28-24(35)15-10-16-25(28)36/h5,9-10,13-18,20,22,29-30H,1,6-8,11-12,19H2,2-4H3,(H,39,43)(H,40,45)/t22-,29-/m0/s1. The highest BCUT2D eigenvalue weighted by atomic mass is 35.5. The molecule has 1 aliphatic carbocycles. The Morgan fingerprint density at radius 2 is 1.70 bits per heavy atom. The van der Waals surface area contributed by atoms with Gasteiger partial charge in [0.2, 0.25) is 5.91 Å². The summed E-state index contributed by atoms with van der Waals surface area (Å²) >= 11 is 24.9. The van der Waals surface area contributed by atoms with Gasteiger partial charge >= 0.3 is 6.09 Å². The summed E-state index contributed by atoms with van der Waals surface area (Å²) in [5, 5.41) is 10.7. The highest BCUT2D eigenvalue weighted by Crippen LogP contribution is 2.36. The van der Waals surface area contributed by atoms with E-state index in [-0.39, 0.29) is 12.5 Å². The lowest BCUT2D eigenvalue weighted by molar-refractivity contribution is -0.125. The second-order valence-electron chi connectivity index (χ2n) is 12.3. The van der Waals surface area contributed by atoms with Gasteiger partial charge in [0.15, 0.2) is 10.6 Å². The fraction of sp³-hybridized carbons (Fsp3) is 0.412. The van der Waals surface area contributed by atoms with Gasteiger partial charge in [-0.05, 0) is 63.8 Å². The molecule has 0 spiro atoms. The molecule has 1 fully saturated rings. The van der Waals surface area contributed by atoms with Crippen LogP contribution in [0.25, 0.3) is 22.6 Å². The van der Waals surface area contributed by atoms with Crippen LogP contribution in [0.1, 0.15) is 52.9 Å². The van der Waals surface area contributed by atoms with Crippen molar-refractivity contribution in [3.8, 4) is 22.6 Å². The number of anilines is 1. The number of rotatable bonds is 11. The Morgan fingerprint density at radius 3 is 2.32 bits per heavy atom. The van der Waals surface area contributed by atoms with Gasteiger partial charge in [-0.3, -0.25) is 9.59 Å². The molecule has 9 nitrogen and oxygen atoms in total. The van der Waals surface area contributed by atoms with Crippen molar-refractivity contribution in [3.05, 3.63) is 71.2 Å². The summed E-state index contributed by atoms with van der Waals surface area (Å²) in [6, 6.07) is 12.2. The SMILES string of the molecule is C=C[C@@H](CN(C(=O)C(Cl)Cl)c1cccc(-c2cc(-c3c(Cl)cccc3Cl)no2)c1)NC(=O)[C@@H](NC(=O)OC(C)(C)C)C1CCCCC1. The van der Waals surface area contributed by atoms with Gasteiger partial charge in [-0.25, -0.2) is 4.79 Å². The third kappa shape index (κ3) is 9.89. The van der Waals surface area contributed by atoms with Gasteiger partial charge in [0.05, 0.1) is 16.1 Å². The maximum Gasteiger partial charge on any atom is 0.408 e. The second-order valence-corrected chi connectivity index (χ2v) is 14.3. The van der Waals surface area contributed by atoms with Crippen molar-refractivity contribution in [2.45, 2.75) is 75.4 Å². The van der Waals surface area contributed by atoms with Crippen molar-refractivity contribution in [3.63, 3.8) is 0 Å². The Kier molecular flexibility index (Phi) is 12.6. The molecule has 47 heavy (non-hydrogen) atoms. The van der Waals surface area contributed by atoms with Crippen LogP contribution in [0.5, 0.6) is 0 Å². The number of aromatic nitrogens is 1. The molecule has 0 radical (unpaired) electrons. The van der Waals surface area contributed by atoms with Gasteiger partial charge in [-0.15, -0.1) is 6.58 Å². The number of amides is 3. The van der Waals surface area contributed by atoms with E-state index in [1.165, 1.54) is 11.0 Å². The Bertz CT molecular complexity index is 1560. The van der Waals surface area contributed by atoms with Gasteiger partial charge < -0.3 is 24.8 Å². The van der Waals surface area contributed by atoms with E-state index >= 15 is 0 Å². The number of carbonyl (C=O) groups excluding carboxylic acids is 3. The largest absolute Gasteiger partial charge is 0.444 e. The smallest absolute Gasteiger partial charge is 0.408 e. The monoisotopic (exact) mass is 722 g/mol. The molecular formula is C34H38Cl4N4O5. The molecule has 0 unspecified atom stereocenters. The quantitative estimate of drug-likeness (QED) is 0.151. The number of hydrogen-bond donors (Lipinski definition) is 2. The first kappa shape index (κ1) is 36.6. The van der Waals surface area contributed by atoms with Crippen LogP contribution in [0.2, 0.25) is 10.0 Å². The second kappa shape index (κ2) is 16.2. The molecule has 4 rings (SSSR count). The lowest BCUT2D eigenvalue weighted by Gasteiger charge is -2.33. The minimum absolute atomic E-state index is 0.0474. The zero-order valence-corrected chi connectivity index (χ0v) is 29.4. The zero-order chi connectivity index (χ0) is 34.3. The number of alkyl halides is 2. The Labute approximate surface area is 294 Å². The fourth-order valence-electron chi connectivity index (χ4n) is 5.49. The number of nitrogens with zero attached hydrogens (tertiary/aromatic N) is 2. The maximum atomic E-state index is 13.7. The third-order valence-electron chi connectivity index (χ3n) is 7.69. The van der Waals surface area contributed by atoms with E-state index in [1.54, 1.807) is 69.3 Å². The van der Waals surface area contributed by atoms with Crippen molar-refractivity contribution < 1.29 is 23.6 Å². The first-order valence-electron chi connectivity index (χ1n) is 15.3. The summed E-state index contributed by atoms with van der Waals surface area (Å²) in [5.41, 5.74) is 1.27. The molecule has 2 atom stereocenters. The van der Waals surface area contributed by atoms with Crippen molar-refractivity contribution in [2.75, 3.05) is 11.4 Å². The van der Waals surface area contributed by atoms with E-state index in [1.807, 2.05) is 0 Å². The van der Waals surface area contributed by atoms with E-state index in [2.05, 4.69) is 22.4 Å². The van der Waals surface area contributed by atoms with Crippen LogP contribution < -0.4 is 15.5 Å². The molecule has 3 aromatic rings. The molecule has 252 valence electrons. The van der Waals surface area contributed by atoms with Crippen LogP contribution in [0.15, 0.2) is 65.7 Å². The molecule has 0 saturated heterocycles. The minimum Gasteiger partial charge on any atom is -0.444 e.